The van der Waals surface area contributed by atoms with Crippen LogP contribution in [0.25, 0.3) is 21.7 Å². The standard InChI is InChI=1S/C24H22BrNO3/c1-2-3-7-21-22(18-6-4-5-8-20(18)29-21)24(28)26-14-15-9-11-17-16(13-15)10-12-19(27)23(17)25/h4-6,8-13,27H,2-3,7,14H2,1H3,(H,26,28). The number of benzene rings is 3. The summed E-state index contributed by atoms with van der Waals surface area (Å²) >= 11 is 3.42. The van der Waals surface area contributed by atoms with Gasteiger partial charge in [-0.25, -0.2) is 0 Å². The molecule has 148 valence electrons. The van der Waals surface area contributed by atoms with Gasteiger partial charge in [0.1, 0.15) is 17.1 Å². The number of halogens is 1. The Hall–Kier alpha value is -2.79. The number of furan rings is 1. The molecule has 4 rings (SSSR count). The number of nitrogens with one attached hydrogen (secondary N) is 1. The van der Waals surface area contributed by atoms with Crippen molar-refractivity contribution in [3.63, 3.8) is 0 Å². The number of unbranched alkanes of at least 4 members (excludes halogenated alkanes) is 1. The van der Waals surface area contributed by atoms with Crippen molar-refractivity contribution in [3.05, 3.63) is 76.0 Å². The second kappa shape index (κ2) is 8.29. The van der Waals surface area contributed by atoms with E-state index in [0.29, 0.717) is 16.6 Å². The predicted octanol–water partition coefficient (Wildman–Crippen LogP) is 6.33. The average Bonchev–Trinajstić information content (AvgIpc) is 3.11. The summed E-state index contributed by atoms with van der Waals surface area (Å²) in [6.45, 7) is 2.54. The van der Waals surface area contributed by atoms with Gasteiger partial charge in [0.15, 0.2) is 0 Å². The van der Waals surface area contributed by atoms with Gasteiger partial charge in [-0.2, -0.15) is 0 Å². The third-order valence-corrected chi connectivity index (χ3v) is 5.94. The number of aryl methyl sites for hydroxylation is 1. The minimum absolute atomic E-state index is 0.118. The minimum atomic E-state index is -0.118. The molecular weight excluding hydrogens is 430 g/mol. The maximum atomic E-state index is 13.0. The van der Waals surface area contributed by atoms with E-state index in [1.54, 1.807) is 6.07 Å². The number of rotatable bonds is 6. The van der Waals surface area contributed by atoms with Gasteiger partial charge >= 0.3 is 0 Å². The summed E-state index contributed by atoms with van der Waals surface area (Å²) in [4.78, 5) is 13.0. The van der Waals surface area contributed by atoms with Crippen LogP contribution in [0.1, 0.15) is 41.4 Å². The highest BCUT2D eigenvalue weighted by atomic mass is 79.9. The largest absolute Gasteiger partial charge is 0.507 e. The molecule has 0 bridgehead atoms. The Morgan fingerprint density at radius 3 is 2.76 bits per heavy atom. The van der Waals surface area contributed by atoms with E-state index >= 15 is 0 Å². The number of aromatic hydroxyl groups is 1. The molecule has 29 heavy (non-hydrogen) atoms. The molecule has 0 fully saturated rings. The van der Waals surface area contributed by atoms with Gasteiger partial charge < -0.3 is 14.8 Å². The van der Waals surface area contributed by atoms with Crippen LogP contribution in [-0.2, 0) is 13.0 Å². The van der Waals surface area contributed by atoms with Crippen LogP contribution in [0.15, 0.2) is 63.5 Å². The summed E-state index contributed by atoms with van der Waals surface area (Å²) < 4.78 is 6.64. The van der Waals surface area contributed by atoms with Crippen LogP contribution >= 0.6 is 15.9 Å². The maximum absolute atomic E-state index is 13.0. The third kappa shape index (κ3) is 3.87. The molecule has 0 spiro atoms. The van der Waals surface area contributed by atoms with Gasteiger partial charge in [-0.05, 0) is 56.9 Å². The van der Waals surface area contributed by atoms with Crippen LogP contribution in [-0.4, -0.2) is 11.0 Å². The first-order valence-electron chi connectivity index (χ1n) is 9.77. The molecule has 1 aromatic heterocycles. The lowest BCUT2D eigenvalue weighted by Crippen LogP contribution is -2.23. The Morgan fingerprint density at radius 2 is 1.93 bits per heavy atom. The first-order valence-corrected chi connectivity index (χ1v) is 10.6. The molecule has 0 radical (unpaired) electrons. The molecule has 2 N–H and O–H groups in total. The molecule has 5 heteroatoms. The number of amides is 1. The monoisotopic (exact) mass is 451 g/mol. The number of carbonyl (C=O) groups excluding carboxylic acids is 1. The third-order valence-electron chi connectivity index (χ3n) is 5.10. The van der Waals surface area contributed by atoms with Crippen molar-refractivity contribution in [1.29, 1.82) is 0 Å². The summed E-state index contributed by atoms with van der Waals surface area (Å²) in [5.41, 5.74) is 2.38. The van der Waals surface area contributed by atoms with E-state index in [2.05, 4.69) is 28.2 Å². The average molecular weight is 452 g/mol. The van der Waals surface area contributed by atoms with Crippen LogP contribution in [0.5, 0.6) is 5.75 Å². The lowest BCUT2D eigenvalue weighted by Gasteiger charge is -2.09. The number of hydrogen-bond donors (Lipinski definition) is 2. The number of para-hydroxylation sites is 1. The highest BCUT2D eigenvalue weighted by Gasteiger charge is 2.20. The fourth-order valence-corrected chi connectivity index (χ4v) is 4.06. The molecule has 0 unspecified atom stereocenters. The van der Waals surface area contributed by atoms with Crippen molar-refractivity contribution in [2.45, 2.75) is 32.7 Å². The number of hydrogen-bond acceptors (Lipinski definition) is 3. The maximum Gasteiger partial charge on any atom is 0.255 e. The van der Waals surface area contributed by atoms with E-state index in [-0.39, 0.29) is 11.7 Å². The Kier molecular flexibility index (Phi) is 5.58. The van der Waals surface area contributed by atoms with Crippen molar-refractivity contribution < 1.29 is 14.3 Å². The number of phenols is 1. The summed E-state index contributed by atoms with van der Waals surface area (Å²) in [6.07, 6.45) is 2.77. The van der Waals surface area contributed by atoms with E-state index in [1.165, 1.54) is 0 Å². The van der Waals surface area contributed by atoms with E-state index in [0.717, 1.165) is 52.3 Å². The SMILES string of the molecule is CCCCc1oc2ccccc2c1C(=O)NCc1ccc2c(Br)c(O)ccc2c1. The molecule has 0 atom stereocenters. The highest BCUT2D eigenvalue weighted by molar-refractivity contribution is 9.10. The van der Waals surface area contributed by atoms with Gasteiger partial charge in [-0.3, -0.25) is 4.79 Å². The molecule has 4 nitrogen and oxygen atoms in total. The number of phenolic OH excluding ortho intramolecular Hbond substituents is 1. The van der Waals surface area contributed by atoms with Crippen LogP contribution in [0.4, 0.5) is 0 Å². The van der Waals surface area contributed by atoms with Crippen LogP contribution in [0, 0.1) is 0 Å². The molecule has 0 aliphatic carbocycles. The van der Waals surface area contributed by atoms with Crippen molar-refractivity contribution in [2.75, 3.05) is 0 Å². The van der Waals surface area contributed by atoms with E-state index < -0.39 is 0 Å². The molecule has 1 heterocycles. The van der Waals surface area contributed by atoms with Gasteiger partial charge in [0.25, 0.3) is 5.91 Å². The molecule has 4 aromatic rings. The van der Waals surface area contributed by atoms with E-state index in [1.807, 2.05) is 48.5 Å². The quantitative estimate of drug-likeness (QED) is 0.360. The second-order valence-electron chi connectivity index (χ2n) is 7.14. The van der Waals surface area contributed by atoms with Crippen molar-refractivity contribution in [1.82, 2.24) is 5.32 Å². The van der Waals surface area contributed by atoms with Crippen molar-refractivity contribution >= 4 is 43.6 Å². The molecule has 3 aromatic carbocycles. The fraction of sp³-hybridized carbons (Fsp3) is 0.208. The summed E-state index contributed by atoms with van der Waals surface area (Å²) in [7, 11) is 0. The lowest BCUT2D eigenvalue weighted by atomic mass is 10.1. The Bertz CT molecular complexity index is 1200. The van der Waals surface area contributed by atoms with Gasteiger partial charge in [-0.1, -0.05) is 49.7 Å². The fourth-order valence-electron chi connectivity index (χ4n) is 3.57. The minimum Gasteiger partial charge on any atom is -0.507 e. The topological polar surface area (TPSA) is 62.5 Å². The summed E-state index contributed by atoms with van der Waals surface area (Å²) in [5, 5.41) is 15.7. The first-order chi connectivity index (χ1) is 14.1. The molecule has 1 amide bonds. The summed E-state index contributed by atoms with van der Waals surface area (Å²) in [5.74, 6) is 0.849. The Balaban J connectivity index is 1.58. The van der Waals surface area contributed by atoms with E-state index in [9.17, 15) is 9.90 Å². The molecule has 0 saturated carbocycles. The first kappa shape index (κ1) is 19.5. The van der Waals surface area contributed by atoms with Gasteiger partial charge in [0.05, 0.1) is 10.0 Å². The van der Waals surface area contributed by atoms with Crippen LogP contribution in [0.2, 0.25) is 0 Å². The smallest absolute Gasteiger partial charge is 0.255 e. The zero-order valence-electron chi connectivity index (χ0n) is 16.2. The molecular formula is C24H22BrNO3. The highest BCUT2D eigenvalue weighted by Crippen LogP contribution is 2.32. The van der Waals surface area contributed by atoms with Crippen molar-refractivity contribution in [2.24, 2.45) is 0 Å². The van der Waals surface area contributed by atoms with Gasteiger partial charge in [0.2, 0.25) is 0 Å². The van der Waals surface area contributed by atoms with Gasteiger partial charge in [-0.15, -0.1) is 0 Å². The Labute approximate surface area is 177 Å². The number of fused-ring (bicyclic) bond motifs is 2. The Morgan fingerprint density at radius 1 is 1.10 bits per heavy atom. The van der Waals surface area contributed by atoms with Crippen LogP contribution < -0.4 is 5.32 Å². The lowest BCUT2D eigenvalue weighted by molar-refractivity contribution is 0.0950. The zero-order valence-corrected chi connectivity index (χ0v) is 17.8. The van der Waals surface area contributed by atoms with E-state index in [4.69, 9.17) is 4.42 Å². The molecule has 0 aliphatic rings. The molecule has 0 saturated heterocycles. The van der Waals surface area contributed by atoms with Gasteiger partial charge in [0, 0.05) is 18.4 Å². The summed E-state index contributed by atoms with van der Waals surface area (Å²) in [6, 6.07) is 17.1. The number of carbonyl (C=O) groups is 1. The zero-order chi connectivity index (χ0) is 20.4. The predicted molar refractivity (Wildman–Crippen MR) is 119 cm³/mol. The normalized spacial score (nSPS) is 11.2. The van der Waals surface area contributed by atoms with Crippen LogP contribution in [0.3, 0.4) is 0 Å². The molecule has 0 aliphatic heterocycles. The second-order valence-corrected chi connectivity index (χ2v) is 7.93. The van der Waals surface area contributed by atoms with Crippen molar-refractivity contribution in [3.8, 4) is 5.75 Å².